The third kappa shape index (κ3) is 5.41. The number of hydrogen-bond donors (Lipinski definition) is 0. The topological polar surface area (TPSA) is 17.1 Å². The second-order valence-corrected chi connectivity index (χ2v) is 5.84. The minimum absolute atomic E-state index is 0.169. The van der Waals surface area contributed by atoms with Crippen molar-refractivity contribution in [2.45, 2.75) is 60.8 Å². The lowest BCUT2D eigenvalue weighted by Crippen LogP contribution is -2.26. The second-order valence-electron chi connectivity index (χ2n) is 5.84. The molecule has 0 N–H and O–H groups in total. The van der Waals surface area contributed by atoms with Crippen molar-refractivity contribution in [2.75, 3.05) is 0 Å². The van der Waals surface area contributed by atoms with E-state index in [1.807, 2.05) is 20.8 Å². The Labute approximate surface area is 89.3 Å². The van der Waals surface area contributed by atoms with Crippen LogP contribution in [0, 0.1) is 17.3 Å². The molecule has 0 aromatic carbocycles. The van der Waals surface area contributed by atoms with Crippen LogP contribution in [0.5, 0.6) is 0 Å². The molecule has 0 aromatic heterocycles. The zero-order valence-electron chi connectivity index (χ0n) is 10.7. The van der Waals surface area contributed by atoms with Gasteiger partial charge in [-0.15, -0.1) is 0 Å². The molecule has 1 unspecified atom stereocenters. The largest absolute Gasteiger partial charge is 0.299 e. The lowest BCUT2D eigenvalue weighted by molar-refractivity contribution is -0.130. The van der Waals surface area contributed by atoms with Crippen LogP contribution in [0.3, 0.4) is 0 Å². The predicted molar refractivity (Wildman–Crippen MR) is 62.3 cm³/mol. The zero-order valence-corrected chi connectivity index (χ0v) is 10.7. The molecule has 0 bridgehead atoms. The SMILES string of the molecule is CC(C)CCCC(C)C(=O)C(C)(C)C. The molecule has 0 aromatic rings. The molecule has 0 amide bonds. The predicted octanol–water partition coefficient (Wildman–Crippen LogP) is 4.06. The molecular formula is C13H26O. The molecule has 14 heavy (non-hydrogen) atoms. The zero-order chi connectivity index (χ0) is 11.4. The average Bonchev–Trinajstić information content (AvgIpc) is 2.00. The van der Waals surface area contributed by atoms with Crippen LogP contribution >= 0.6 is 0 Å². The number of carbonyl (C=O) groups is 1. The van der Waals surface area contributed by atoms with Crippen LogP contribution in [0.1, 0.15) is 60.8 Å². The van der Waals surface area contributed by atoms with Gasteiger partial charge in [-0.1, -0.05) is 54.4 Å². The standard InChI is InChI=1S/C13H26O/c1-10(2)8-7-9-11(3)12(14)13(4,5)6/h10-11H,7-9H2,1-6H3. The quantitative estimate of drug-likeness (QED) is 0.651. The van der Waals surface area contributed by atoms with Crippen LogP contribution < -0.4 is 0 Å². The Hall–Kier alpha value is -0.330. The van der Waals surface area contributed by atoms with E-state index in [1.165, 1.54) is 12.8 Å². The van der Waals surface area contributed by atoms with Crippen LogP contribution in [-0.2, 0) is 4.79 Å². The fourth-order valence-electron chi connectivity index (χ4n) is 1.70. The Morgan fingerprint density at radius 2 is 1.57 bits per heavy atom. The first-order valence-electron chi connectivity index (χ1n) is 5.79. The van der Waals surface area contributed by atoms with Crippen molar-refractivity contribution in [2.24, 2.45) is 17.3 Å². The van der Waals surface area contributed by atoms with Crippen LogP contribution in [0.2, 0.25) is 0 Å². The summed E-state index contributed by atoms with van der Waals surface area (Å²) in [6.45, 7) is 12.6. The van der Waals surface area contributed by atoms with E-state index < -0.39 is 0 Å². The smallest absolute Gasteiger partial charge is 0.140 e. The van der Waals surface area contributed by atoms with Gasteiger partial charge in [-0.2, -0.15) is 0 Å². The molecule has 0 aliphatic heterocycles. The minimum Gasteiger partial charge on any atom is -0.299 e. The molecule has 0 spiro atoms. The van der Waals surface area contributed by atoms with Gasteiger partial charge in [0.1, 0.15) is 5.78 Å². The molecule has 0 rings (SSSR count). The maximum absolute atomic E-state index is 11.8. The van der Waals surface area contributed by atoms with E-state index in [1.54, 1.807) is 0 Å². The maximum Gasteiger partial charge on any atom is 0.140 e. The Morgan fingerprint density at radius 3 is 1.93 bits per heavy atom. The second kappa shape index (κ2) is 5.53. The number of carbonyl (C=O) groups excluding carboxylic acids is 1. The van der Waals surface area contributed by atoms with E-state index in [9.17, 15) is 4.79 Å². The summed E-state index contributed by atoms with van der Waals surface area (Å²) in [7, 11) is 0. The lowest BCUT2D eigenvalue weighted by atomic mass is 9.81. The van der Waals surface area contributed by atoms with Gasteiger partial charge in [0, 0.05) is 11.3 Å². The molecule has 0 aliphatic carbocycles. The number of Topliss-reactive ketones (excluding diaryl/α,β-unsaturated/α-hetero) is 1. The molecule has 0 saturated heterocycles. The van der Waals surface area contributed by atoms with E-state index in [-0.39, 0.29) is 11.3 Å². The molecule has 0 saturated carbocycles. The normalized spacial score (nSPS) is 14.5. The summed E-state index contributed by atoms with van der Waals surface area (Å²) in [4.78, 5) is 11.8. The van der Waals surface area contributed by atoms with E-state index in [4.69, 9.17) is 0 Å². The number of hydrogen-bond acceptors (Lipinski definition) is 1. The average molecular weight is 198 g/mol. The van der Waals surface area contributed by atoms with Crippen LogP contribution in [0.4, 0.5) is 0 Å². The molecule has 1 nitrogen and oxygen atoms in total. The van der Waals surface area contributed by atoms with Crippen molar-refractivity contribution >= 4 is 5.78 Å². The summed E-state index contributed by atoms with van der Waals surface area (Å²) >= 11 is 0. The first-order chi connectivity index (χ1) is 6.25. The van der Waals surface area contributed by atoms with Crippen LogP contribution in [0.15, 0.2) is 0 Å². The van der Waals surface area contributed by atoms with Crippen molar-refractivity contribution in [1.82, 2.24) is 0 Å². The minimum atomic E-state index is -0.169. The highest BCUT2D eigenvalue weighted by Crippen LogP contribution is 2.23. The fourth-order valence-corrected chi connectivity index (χ4v) is 1.70. The molecule has 1 heteroatoms. The Bertz CT molecular complexity index is 174. The summed E-state index contributed by atoms with van der Waals surface area (Å²) < 4.78 is 0. The lowest BCUT2D eigenvalue weighted by Gasteiger charge is -2.21. The van der Waals surface area contributed by atoms with Crippen molar-refractivity contribution < 1.29 is 4.79 Å². The van der Waals surface area contributed by atoms with E-state index in [2.05, 4.69) is 20.8 Å². The van der Waals surface area contributed by atoms with Crippen LogP contribution in [0.25, 0.3) is 0 Å². The van der Waals surface area contributed by atoms with Gasteiger partial charge < -0.3 is 0 Å². The highest BCUT2D eigenvalue weighted by Gasteiger charge is 2.25. The molecule has 0 radical (unpaired) electrons. The Balaban J connectivity index is 3.86. The van der Waals surface area contributed by atoms with Gasteiger partial charge in [-0.3, -0.25) is 4.79 Å². The molecule has 1 atom stereocenters. The van der Waals surface area contributed by atoms with Gasteiger partial charge in [0.2, 0.25) is 0 Å². The molecule has 0 heterocycles. The summed E-state index contributed by atoms with van der Waals surface area (Å²) in [5.41, 5.74) is -0.169. The number of rotatable bonds is 5. The summed E-state index contributed by atoms with van der Waals surface area (Å²) in [5, 5.41) is 0. The first-order valence-corrected chi connectivity index (χ1v) is 5.79. The van der Waals surface area contributed by atoms with Gasteiger partial charge in [-0.25, -0.2) is 0 Å². The fraction of sp³-hybridized carbons (Fsp3) is 0.923. The molecule has 0 aliphatic rings. The monoisotopic (exact) mass is 198 g/mol. The Morgan fingerprint density at radius 1 is 1.07 bits per heavy atom. The van der Waals surface area contributed by atoms with Crippen molar-refractivity contribution in [3.8, 4) is 0 Å². The molecule has 0 fully saturated rings. The summed E-state index contributed by atoms with van der Waals surface area (Å²) in [6.07, 6.45) is 3.47. The molecular weight excluding hydrogens is 172 g/mol. The van der Waals surface area contributed by atoms with Gasteiger partial charge in [0.05, 0.1) is 0 Å². The van der Waals surface area contributed by atoms with Gasteiger partial charge in [0.15, 0.2) is 0 Å². The number of ketones is 1. The van der Waals surface area contributed by atoms with Crippen molar-refractivity contribution in [3.63, 3.8) is 0 Å². The summed E-state index contributed by atoms with van der Waals surface area (Å²) in [5.74, 6) is 1.39. The van der Waals surface area contributed by atoms with Crippen LogP contribution in [-0.4, -0.2) is 5.78 Å². The highest BCUT2D eigenvalue weighted by atomic mass is 16.1. The first kappa shape index (κ1) is 13.7. The Kier molecular flexibility index (Phi) is 5.40. The maximum atomic E-state index is 11.8. The third-order valence-corrected chi connectivity index (χ3v) is 2.61. The summed E-state index contributed by atoms with van der Waals surface area (Å²) in [6, 6.07) is 0. The van der Waals surface area contributed by atoms with Crippen molar-refractivity contribution in [3.05, 3.63) is 0 Å². The van der Waals surface area contributed by atoms with Gasteiger partial charge in [0.25, 0.3) is 0 Å². The van der Waals surface area contributed by atoms with E-state index >= 15 is 0 Å². The van der Waals surface area contributed by atoms with E-state index in [0.29, 0.717) is 5.78 Å². The van der Waals surface area contributed by atoms with Gasteiger partial charge >= 0.3 is 0 Å². The highest BCUT2D eigenvalue weighted by molar-refractivity contribution is 5.85. The van der Waals surface area contributed by atoms with Crippen molar-refractivity contribution in [1.29, 1.82) is 0 Å². The van der Waals surface area contributed by atoms with E-state index in [0.717, 1.165) is 12.3 Å². The molecule has 84 valence electrons. The van der Waals surface area contributed by atoms with Gasteiger partial charge in [-0.05, 0) is 12.3 Å². The third-order valence-electron chi connectivity index (χ3n) is 2.61.